The molecule has 0 aliphatic heterocycles. The molecule has 0 aliphatic carbocycles. The number of nitrogens with one attached hydrogen (secondary N) is 1. The number of amides is 1. The lowest BCUT2D eigenvalue weighted by Crippen LogP contribution is -2.24. The molecule has 1 heterocycles. The van der Waals surface area contributed by atoms with Gasteiger partial charge in [-0.15, -0.1) is 11.6 Å². The van der Waals surface area contributed by atoms with Crippen molar-refractivity contribution in [3.8, 4) is 0 Å². The summed E-state index contributed by atoms with van der Waals surface area (Å²) in [4.78, 5) is 11.4. The summed E-state index contributed by atoms with van der Waals surface area (Å²) in [6, 6.07) is 1.82. The molecule has 0 aliphatic rings. The number of carbonyl (C=O) groups excluding carboxylic acids is 1. The summed E-state index contributed by atoms with van der Waals surface area (Å²) in [5, 5.41) is 6.78. The maximum absolute atomic E-state index is 11.4. The molecule has 1 amide bonds. The van der Waals surface area contributed by atoms with Crippen molar-refractivity contribution < 1.29 is 4.79 Å². The van der Waals surface area contributed by atoms with Gasteiger partial charge in [0.05, 0.1) is 0 Å². The summed E-state index contributed by atoms with van der Waals surface area (Å²) in [7, 11) is 0. The quantitative estimate of drug-likeness (QED) is 0.613. The van der Waals surface area contributed by atoms with Crippen LogP contribution >= 0.6 is 22.9 Å². The molecular weight excluding hydrogens is 218 g/mol. The van der Waals surface area contributed by atoms with Crippen molar-refractivity contribution in [2.24, 2.45) is 0 Å². The van der Waals surface area contributed by atoms with Gasteiger partial charge in [-0.25, -0.2) is 0 Å². The highest BCUT2D eigenvalue weighted by molar-refractivity contribution is 7.08. The van der Waals surface area contributed by atoms with Crippen molar-refractivity contribution in [2.75, 3.05) is 6.54 Å². The van der Waals surface area contributed by atoms with Crippen LogP contribution in [0.3, 0.4) is 0 Å². The van der Waals surface area contributed by atoms with Gasteiger partial charge in [-0.3, -0.25) is 4.79 Å². The Labute approximate surface area is 93.3 Å². The first-order valence-corrected chi connectivity index (χ1v) is 6.02. The molecule has 0 spiro atoms. The molecule has 1 aromatic rings. The van der Waals surface area contributed by atoms with E-state index >= 15 is 0 Å². The van der Waals surface area contributed by atoms with Gasteiger partial charge in [-0.2, -0.15) is 11.3 Å². The van der Waals surface area contributed by atoms with Gasteiger partial charge >= 0.3 is 0 Å². The molecule has 2 nitrogen and oxygen atoms in total. The average Bonchev–Trinajstić information content (AvgIpc) is 2.64. The van der Waals surface area contributed by atoms with Gasteiger partial charge in [0, 0.05) is 22.9 Å². The van der Waals surface area contributed by atoms with Crippen molar-refractivity contribution >= 4 is 28.8 Å². The molecule has 14 heavy (non-hydrogen) atoms. The standard InChI is InChI=1S/C10H14ClNOS/c1-8(11)3-2-5-12-10(13)9-4-6-14-7-9/h4,6-8H,2-3,5H2,1H3,(H,12,13). The molecular formula is C10H14ClNOS. The number of alkyl halides is 1. The lowest BCUT2D eigenvalue weighted by atomic mass is 10.2. The Morgan fingerprint density at radius 3 is 3.07 bits per heavy atom. The summed E-state index contributed by atoms with van der Waals surface area (Å²) >= 11 is 7.31. The zero-order chi connectivity index (χ0) is 10.4. The first-order valence-electron chi connectivity index (χ1n) is 4.64. The molecule has 1 N–H and O–H groups in total. The van der Waals surface area contributed by atoms with Crippen LogP contribution in [0.2, 0.25) is 0 Å². The second-order valence-electron chi connectivity index (χ2n) is 3.19. The van der Waals surface area contributed by atoms with E-state index in [0.29, 0.717) is 6.54 Å². The minimum absolute atomic E-state index is 0.00785. The van der Waals surface area contributed by atoms with Crippen LogP contribution in [0.4, 0.5) is 0 Å². The molecule has 1 atom stereocenters. The SMILES string of the molecule is CC(Cl)CCCNC(=O)c1ccsc1. The Balaban J connectivity index is 2.16. The Hall–Kier alpha value is -0.540. The van der Waals surface area contributed by atoms with E-state index in [-0.39, 0.29) is 11.3 Å². The van der Waals surface area contributed by atoms with Gasteiger partial charge in [0.1, 0.15) is 0 Å². The van der Waals surface area contributed by atoms with E-state index in [1.165, 1.54) is 11.3 Å². The summed E-state index contributed by atoms with van der Waals surface area (Å²) in [6.45, 7) is 2.66. The van der Waals surface area contributed by atoms with Crippen LogP contribution in [0.1, 0.15) is 30.1 Å². The molecule has 4 heteroatoms. The van der Waals surface area contributed by atoms with E-state index in [9.17, 15) is 4.79 Å². The van der Waals surface area contributed by atoms with E-state index in [4.69, 9.17) is 11.6 Å². The Morgan fingerprint density at radius 2 is 2.50 bits per heavy atom. The number of carbonyl (C=O) groups is 1. The summed E-state index contributed by atoms with van der Waals surface area (Å²) < 4.78 is 0. The molecule has 0 radical (unpaired) electrons. The number of thiophene rings is 1. The number of hydrogen-bond acceptors (Lipinski definition) is 2. The normalized spacial score (nSPS) is 12.4. The van der Waals surface area contributed by atoms with E-state index < -0.39 is 0 Å². The van der Waals surface area contributed by atoms with Crippen LogP contribution in [-0.2, 0) is 0 Å². The smallest absolute Gasteiger partial charge is 0.252 e. The van der Waals surface area contributed by atoms with Crippen molar-refractivity contribution in [3.05, 3.63) is 22.4 Å². The molecule has 1 unspecified atom stereocenters. The third-order valence-electron chi connectivity index (χ3n) is 1.85. The number of halogens is 1. The minimum Gasteiger partial charge on any atom is -0.352 e. The lowest BCUT2D eigenvalue weighted by Gasteiger charge is -2.04. The second kappa shape index (κ2) is 6.04. The second-order valence-corrected chi connectivity index (χ2v) is 4.72. The van der Waals surface area contributed by atoms with Gasteiger partial charge in [0.2, 0.25) is 0 Å². The molecule has 0 saturated heterocycles. The average molecular weight is 232 g/mol. The van der Waals surface area contributed by atoms with Crippen molar-refractivity contribution in [3.63, 3.8) is 0 Å². The summed E-state index contributed by atoms with van der Waals surface area (Å²) in [6.07, 6.45) is 1.87. The van der Waals surface area contributed by atoms with Crippen LogP contribution in [0.25, 0.3) is 0 Å². The molecule has 1 aromatic heterocycles. The predicted molar refractivity (Wildman–Crippen MR) is 61.2 cm³/mol. The van der Waals surface area contributed by atoms with Gasteiger partial charge in [0.15, 0.2) is 0 Å². The fourth-order valence-electron chi connectivity index (χ4n) is 1.08. The van der Waals surface area contributed by atoms with Crippen LogP contribution < -0.4 is 5.32 Å². The van der Waals surface area contributed by atoms with Gasteiger partial charge in [-0.05, 0) is 31.2 Å². The third-order valence-corrected chi connectivity index (χ3v) is 2.75. The van der Waals surface area contributed by atoms with Gasteiger partial charge < -0.3 is 5.32 Å². The Bertz CT molecular complexity index is 272. The lowest BCUT2D eigenvalue weighted by molar-refractivity contribution is 0.0953. The molecule has 78 valence electrons. The third kappa shape index (κ3) is 4.11. The van der Waals surface area contributed by atoms with Gasteiger partial charge in [-0.1, -0.05) is 0 Å². The minimum atomic E-state index is 0.00785. The van der Waals surface area contributed by atoms with E-state index in [1.54, 1.807) is 0 Å². The number of rotatable bonds is 5. The maximum atomic E-state index is 11.4. The molecule has 0 bridgehead atoms. The van der Waals surface area contributed by atoms with E-state index in [0.717, 1.165) is 18.4 Å². The molecule has 1 rings (SSSR count). The largest absolute Gasteiger partial charge is 0.352 e. The number of hydrogen-bond donors (Lipinski definition) is 1. The van der Waals surface area contributed by atoms with Crippen LogP contribution in [0.15, 0.2) is 16.8 Å². The van der Waals surface area contributed by atoms with Gasteiger partial charge in [0.25, 0.3) is 5.91 Å². The fraction of sp³-hybridized carbons (Fsp3) is 0.500. The van der Waals surface area contributed by atoms with Crippen molar-refractivity contribution in [1.29, 1.82) is 0 Å². The highest BCUT2D eigenvalue weighted by Crippen LogP contribution is 2.06. The zero-order valence-electron chi connectivity index (χ0n) is 8.13. The van der Waals surface area contributed by atoms with Crippen molar-refractivity contribution in [2.45, 2.75) is 25.1 Å². The van der Waals surface area contributed by atoms with Crippen LogP contribution in [0, 0.1) is 0 Å². The summed E-state index contributed by atoms with van der Waals surface area (Å²) in [5.41, 5.74) is 0.744. The van der Waals surface area contributed by atoms with Crippen molar-refractivity contribution in [1.82, 2.24) is 5.32 Å². The summed E-state index contributed by atoms with van der Waals surface area (Å²) in [5.74, 6) is 0.00785. The fourth-order valence-corrected chi connectivity index (χ4v) is 1.87. The van der Waals surface area contributed by atoms with E-state index in [2.05, 4.69) is 5.32 Å². The highest BCUT2D eigenvalue weighted by atomic mass is 35.5. The highest BCUT2D eigenvalue weighted by Gasteiger charge is 2.04. The Kier molecular flexibility index (Phi) is 4.98. The Morgan fingerprint density at radius 1 is 1.71 bits per heavy atom. The molecule has 0 aromatic carbocycles. The first kappa shape index (κ1) is 11.5. The predicted octanol–water partition coefficient (Wildman–Crippen LogP) is 2.89. The molecule has 0 fully saturated rings. The van der Waals surface area contributed by atoms with E-state index in [1.807, 2.05) is 23.8 Å². The van der Waals surface area contributed by atoms with Crippen LogP contribution in [0.5, 0.6) is 0 Å². The molecule has 0 saturated carbocycles. The topological polar surface area (TPSA) is 29.1 Å². The monoisotopic (exact) mass is 231 g/mol. The first-order chi connectivity index (χ1) is 6.70. The maximum Gasteiger partial charge on any atom is 0.252 e. The zero-order valence-corrected chi connectivity index (χ0v) is 9.70. The van der Waals surface area contributed by atoms with Crippen LogP contribution in [-0.4, -0.2) is 17.8 Å².